The maximum Gasteiger partial charge on any atom is 0.330 e. The van der Waals surface area contributed by atoms with Crippen molar-refractivity contribution in [3.8, 4) is 0 Å². The molecule has 0 unspecified atom stereocenters. The molecule has 7 heteroatoms. The van der Waals surface area contributed by atoms with Gasteiger partial charge in [-0.25, -0.2) is 4.79 Å². The van der Waals surface area contributed by atoms with Gasteiger partial charge in [-0.2, -0.15) is 0 Å². The number of hydrogen-bond acceptors (Lipinski definition) is 4. The monoisotopic (exact) mass is 334 g/mol. The highest BCUT2D eigenvalue weighted by Gasteiger charge is 2.24. The summed E-state index contributed by atoms with van der Waals surface area (Å²) in [6.07, 6.45) is 0. The Labute approximate surface area is 138 Å². The maximum absolute atomic E-state index is 12.3. The van der Waals surface area contributed by atoms with Gasteiger partial charge in [-0.1, -0.05) is 29.8 Å². The normalized spacial score (nSPS) is 14.6. The van der Waals surface area contributed by atoms with E-state index in [0.29, 0.717) is 42.2 Å². The molecule has 1 aliphatic rings. The third-order valence-corrected chi connectivity index (χ3v) is 4.49. The number of anilines is 1. The van der Waals surface area contributed by atoms with Crippen molar-refractivity contribution in [1.29, 1.82) is 0 Å². The number of halogens is 1. The van der Waals surface area contributed by atoms with Crippen LogP contribution in [0.2, 0.25) is 5.02 Å². The highest BCUT2D eigenvalue weighted by molar-refractivity contribution is 6.31. The van der Waals surface area contributed by atoms with Crippen LogP contribution in [0.1, 0.15) is 25.0 Å². The Balaban J connectivity index is 2.06. The standard InChI is InChI=1S/C16H19ClN4O2/c1-10(2)20-8-12-14(18-9-20)21(16(23)19-15(12)22)7-11-5-3-4-6-13(11)17/h3-6,10,18H,7-9H2,1-2H3,(H,19,22,23). The van der Waals surface area contributed by atoms with E-state index in [4.69, 9.17) is 11.6 Å². The highest BCUT2D eigenvalue weighted by atomic mass is 35.5. The van der Waals surface area contributed by atoms with Crippen molar-refractivity contribution >= 4 is 17.4 Å². The van der Waals surface area contributed by atoms with Crippen LogP contribution in [0, 0.1) is 0 Å². The molecule has 23 heavy (non-hydrogen) atoms. The second-order valence-corrected chi connectivity index (χ2v) is 6.35. The lowest BCUT2D eigenvalue weighted by Crippen LogP contribution is -2.45. The Bertz CT molecular complexity index is 841. The number of nitrogens with zero attached hydrogens (tertiary/aromatic N) is 2. The largest absolute Gasteiger partial charge is 0.358 e. The minimum Gasteiger partial charge on any atom is -0.358 e. The molecule has 2 aromatic rings. The molecule has 0 amide bonds. The van der Waals surface area contributed by atoms with Crippen molar-refractivity contribution in [1.82, 2.24) is 14.5 Å². The number of rotatable bonds is 3. The molecule has 0 aliphatic carbocycles. The van der Waals surface area contributed by atoms with Gasteiger partial charge in [-0.15, -0.1) is 0 Å². The molecule has 0 fully saturated rings. The Hall–Kier alpha value is -2.05. The van der Waals surface area contributed by atoms with E-state index in [0.717, 1.165) is 5.56 Å². The number of H-pyrrole nitrogens is 1. The molecule has 0 saturated heterocycles. The molecule has 6 nitrogen and oxygen atoms in total. The predicted molar refractivity (Wildman–Crippen MR) is 91.0 cm³/mol. The second kappa shape index (κ2) is 6.22. The van der Waals surface area contributed by atoms with E-state index < -0.39 is 5.69 Å². The Morgan fingerprint density at radius 3 is 2.70 bits per heavy atom. The van der Waals surface area contributed by atoms with Crippen LogP contribution in [-0.4, -0.2) is 27.2 Å². The summed E-state index contributed by atoms with van der Waals surface area (Å²) in [6, 6.07) is 7.68. The summed E-state index contributed by atoms with van der Waals surface area (Å²) in [4.78, 5) is 29.0. The minimum atomic E-state index is -0.431. The zero-order chi connectivity index (χ0) is 16.6. The molecule has 2 N–H and O–H groups in total. The van der Waals surface area contributed by atoms with Crippen molar-refractivity contribution in [2.45, 2.75) is 33.0 Å². The predicted octanol–water partition coefficient (Wildman–Crippen LogP) is 1.83. The number of hydrogen-bond donors (Lipinski definition) is 2. The van der Waals surface area contributed by atoms with Crippen LogP contribution in [0.4, 0.5) is 5.82 Å². The van der Waals surface area contributed by atoms with Gasteiger partial charge in [-0.3, -0.25) is 19.2 Å². The summed E-state index contributed by atoms with van der Waals surface area (Å²) in [7, 11) is 0. The summed E-state index contributed by atoms with van der Waals surface area (Å²) < 4.78 is 1.54. The summed E-state index contributed by atoms with van der Waals surface area (Å²) in [5, 5.41) is 3.81. The third kappa shape index (κ3) is 3.04. The molecule has 3 rings (SSSR count). The molecule has 0 bridgehead atoms. The van der Waals surface area contributed by atoms with E-state index in [9.17, 15) is 9.59 Å². The average Bonchev–Trinajstić information content (AvgIpc) is 2.52. The van der Waals surface area contributed by atoms with E-state index in [-0.39, 0.29) is 5.56 Å². The molecule has 0 atom stereocenters. The second-order valence-electron chi connectivity index (χ2n) is 5.94. The van der Waals surface area contributed by atoms with Crippen molar-refractivity contribution in [2.24, 2.45) is 0 Å². The summed E-state index contributed by atoms with van der Waals surface area (Å²) in [5.74, 6) is 0.579. The van der Waals surface area contributed by atoms with Crippen LogP contribution in [0.3, 0.4) is 0 Å². The fourth-order valence-corrected chi connectivity index (χ4v) is 2.90. The Morgan fingerprint density at radius 2 is 2.00 bits per heavy atom. The van der Waals surface area contributed by atoms with E-state index in [2.05, 4.69) is 29.0 Å². The lowest BCUT2D eigenvalue weighted by atomic mass is 10.2. The van der Waals surface area contributed by atoms with Gasteiger partial charge in [0.2, 0.25) is 0 Å². The molecule has 1 aromatic carbocycles. The summed E-state index contributed by atoms with van der Waals surface area (Å²) in [5.41, 5.74) is 0.646. The van der Waals surface area contributed by atoms with Gasteiger partial charge in [0.1, 0.15) is 5.82 Å². The molecule has 1 aliphatic heterocycles. The van der Waals surface area contributed by atoms with E-state index in [1.54, 1.807) is 6.07 Å². The maximum atomic E-state index is 12.3. The quantitative estimate of drug-likeness (QED) is 0.898. The molecule has 122 valence electrons. The lowest BCUT2D eigenvalue weighted by molar-refractivity contribution is 0.218. The molecule has 0 saturated carbocycles. The van der Waals surface area contributed by atoms with Crippen LogP contribution < -0.4 is 16.6 Å². The van der Waals surface area contributed by atoms with Gasteiger partial charge >= 0.3 is 5.69 Å². The van der Waals surface area contributed by atoms with Crippen LogP contribution in [-0.2, 0) is 13.1 Å². The summed E-state index contributed by atoms with van der Waals surface area (Å²) >= 11 is 6.19. The van der Waals surface area contributed by atoms with Gasteiger partial charge in [0.25, 0.3) is 5.56 Å². The zero-order valence-electron chi connectivity index (χ0n) is 13.1. The smallest absolute Gasteiger partial charge is 0.330 e. The molecular weight excluding hydrogens is 316 g/mol. The number of fused-ring (bicyclic) bond motifs is 1. The van der Waals surface area contributed by atoms with Crippen LogP contribution in [0.25, 0.3) is 0 Å². The van der Waals surface area contributed by atoms with Crippen LogP contribution in [0.5, 0.6) is 0 Å². The molecule has 1 aromatic heterocycles. The van der Waals surface area contributed by atoms with Crippen molar-refractivity contribution < 1.29 is 0 Å². The molecule has 0 spiro atoms. The van der Waals surface area contributed by atoms with Gasteiger partial charge < -0.3 is 5.32 Å². The van der Waals surface area contributed by atoms with Crippen LogP contribution >= 0.6 is 11.6 Å². The first-order valence-corrected chi connectivity index (χ1v) is 7.92. The van der Waals surface area contributed by atoms with E-state index in [1.807, 2.05) is 18.2 Å². The number of benzene rings is 1. The minimum absolute atomic E-state index is 0.305. The topological polar surface area (TPSA) is 70.1 Å². The summed E-state index contributed by atoms with van der Waals surface area (Å²) in [6.45, 7) is 5.56. The first kappa shape index (κ1) is 15.8. The van der Waals surface area contributed by atoms with Crippen LogP contribution in [0.15, 0.2) is 33.9 Å². The average molecular weight is 335 g/mol. The van der Waals surface area contributed by atoms with Crippen molar-refractivity contribution in [3.05, 3.63) is 61.3 Å². The number of nitrogens with one attached hydrogen (secondary N) is 2. The lowest BCUT2D eigenvalue weighted by Gasteiger charge is -2.33. The van der Waals surface area contributed by atoms with Crippen molar-refractivity contribution in [2.75, 3.05) is 12.0 Å². The van der Waals surface area contributed by atoms with Gasteiger partial charge in [0.15, 0.2) is 0 Å². The molecule has 2 heterocycles. The SMILES string of the molecule is CC(C)N1CNc2c(c(=O)[nH]c(=O)n2Cc2ccccc2Cl)C1. The first-order valence-electron chi connectivity index (χ1n) is 7.54. The fraction of sp³-hybridized carbons (Fsp3) is 0.375. The Morgan fingerprint density at radius 1 is 1.26 bits per heavy atom. The fourth-order valence-electron chi connectivity index (χ4n) is 2.71. The van der Waals surface area contributed by atoms with Gasteiger partial charge in [0.05, 0.1) is 18.8 Å². The first-order chi connectivity index (χ1) is 11.0. The van der Waals surface area contributed by atoms with E-state index in [1.165, 1.54) is 4.57 Å². The number of aromatic nitrogens is 2. The Kier molecular flexibility index (Phi) is 4.28. The molecule has 0 radical (unpaired) electrons. The van der Waals surface area contributed by atoms with E-state index >= 15 is 0 Å². The van der Waals surface area contributed by atoms with Gasteiger partial charge in [0, 0.05) is 17.6 Å². The third-order valence-electron chi connectivity index (χ3n) is 4.12. The highest BCUT2D eigenvalue weighted by Crippen LogP contribution is 2.22. The van der Waals surface area contributed by atoms with Crippen molar-refractivity contribution in [3.63, 3.8) is 0 Å². The molecular formula is C16H19ClN4O2. The van der Waals surface area contributed by atoms with Gasteiger partial charge in [-0.05, 0) is 25.5 Å². The number of aromatic amines is 1. The zero-order valence-corrected chi connectivity index (χ0v) is 13.9.